The van der Waals surface area contributed by atoms with Crippen LogP contribution in [0.25, 0.3) is 0 Å². The third kappa shape index (κ3) is 6.52. The molecule has 1 aromatic carbocycles. The Labute approximate surface area is 202 Å². The molecule has 0 radical (unpaired) electrons. The molecule has 0 aliphatic heterocycles. The highest BCUT2D eigenvalue weighted by atomic mass is 35.5. The fourth-order valence-electron chi connectivity index (χ4n) is 2.88. The molecule has 0 fully saturated rings. The lowest BCUT2D eigenvalue weighted by Crippen LogP contribution is -2.15. The zero-order valence-corrected chi connectivity index (χ0v) is 20.9. The zero-order valence-electron chi connectivity index (χ0n) is 19.3. The van der Waals surface area contributed by atoms with Gasteiger partial charge in [-0.05, 0) is 55.2 Å². The molecule has 2 aromatic heterocycles. The number of nitrogens with one attached hydrogen (secondary N) is 1. The summed E-state index contributed by atoms with van der Waals surface area (Å²) in [5, 5.41) is 4.68. The fraction of sp³-hybridized carbons (Fsp3) is 0.292. The van der Waals surface area contributed by atoms with Crippen LogP contribution in [0.3, 0.4) is 0 Å². The normalized spacial score (nSPS) is 13.1. The second kappa shape index (κ2) is 10.3. The van der Waals surface area contributed by atoms with Gasteiger partial charge in [0.1, 0.15) is 34.3 Å². The number of nitrogen functional groups attached to an aromatic ring is 1. The molecule has 33 heavy (non-hydrogen) atoms. The van der Waals surface area contributed by atoms with Crippen molar-refractivity contribution in [3.05, 3.63) is 76.7 Å². The van der Waals surface area contributed by atoms with E-state index in [1.165, 1.54) is 6.20 Å². The van der Waals surface area contributed by atoms with E-state index in [4.69, 9.17) is 22.2 Å². The van der Waals surface area contributed by atoms with Crippen LogP contribution in [0.1, 0.15) is 51.4 Å². The Morgan fingerprint density at radius 1 is 1.12 bits per heavy atom. The fourth-order valence-corrected chi connectivity index (χ4v) is 3.89. The molecule has 3 rings (SSSR count). The van der Waals surface area contributed by atoms with Crippen molar-refractivity contribution in [1.29, 1.82) is 0 Å². The molecule has 7 nitrogen and oxygen atoms in total. The Bertz CT molecular complexity index is 1160. The lowest BCUT2D eigenvalue weighted by molar-refractivity contribution is 0.0862. The Morgan fingerprint density at radius 3 is 2.39 bits per heavy atom. The molecule has 1 unspecified atom stereocenters. The first kappa shape index (κ1) is 24.7. The summed E-state index contributed by atoms with van der Waals surface area (Å²) >= 11 is 6.21. The van der Waals surface area contributed by atoms with E-state index in [-0.39, 0.29) is 11.5 Å². The zero-order chi connectivity index (χ0) is 24.2. The van der Waals surface area contributed by atoms with E-state index in [9.17, 15) is 4.21 Å². The standard InChI is InChI=1S/C24H28ClN5O2S/c1-15(2)32-29-22(16-6-11-21(26)27-13-16)23-20(12-18(25)14-28-23)30-33(31)19-9-7-17(8-10-19)24(3,4)5/h6-15,30H,1-5H3,(H2,26,27)/b29-22+. The highest BCUT2D eigenvalue weighted by molar-refractivity contribution is 7.86. The SMILES string of the molecule is CC(C)O/N=C(\c1ccc(N)nc1)c1ncc(Cl)cc1NS(=O)c1ccc(C(C)(C)C)cc1. The van der Waals surface area contributed by atoms with Gasteiger partial charge in [-0.2, -0.15) is 0 Å². The molecular weight excluding hydrogens is 458 g/mol. The van der Waals surface area contributed by atoms with Crippen molar-refractivity contribution >= 4 is 39.8 Å². The Hall–Kier alpha value is -2.97. The van der Waals surface area contributed by atoms with Gasteiger partial charge in [-0.1, -0.05) is 49.7 Å². The molecule has 0 spiro atoms. The largest absolute Gasteiger partial charge is 0.393 e. The summed E-state index contributed by atoms with van der Waals surface area (Å²) in [4.78, 5) is 14.7. The topological polar surface area (TPSA) is 102 Å². The van der Waals surface area contributed by atoms with Crippen LogP contribution < -0.4 is 10.5 Å². The van der Waals surface area contributed by atoms with Crippen LogP contribution in [0, 0.1) is 0 Å². The van der Waals surface area contributed by atoms with Crippen LogP contribution in [0.15, 0.2) is 64.9 Å². The first-order valence-electron chi connectivity index (χ1n) is 10.4. The Balaban J connectivity index is 1.99. The number of nitrogens with two attached hydrogens (primary N) is 1. The summed E-state index contributed by atoms with van der Waals surface area (Å²) in [6.07, 6.45) is 2.93. The smallest absolute Gasteiger partial charge is 0.150 e. The summed E-state index contributed by atoms with van der Waals surface area (Å²) in [7, 11) is -1.56. The van der Waals surface area contributed by atoms with Gasteiger partial charge in [0.2, 0.25) is 0 Å². The maximum Gasteiger partial charge on any atom is 0.150 e. The maximum absolute atomic E-state index is 13.1. The van der Waals surface area contributed by atoms with Crippen molar-refractivity contribution in [2.75, 3.05) is 10.5 Å². The molecule has 3 aromatic rings. The molecular formula is C24H28ClN5O2S. The number of hydrogen-bond acceptors (Lipinski definition) is 6. The van der Waals surface area contributed by atoms with Crippen LogP contribution in [0.4, 0.5) is 11.5 Å². The summed E-state index contributed by atoms with van der Waals surface area (Å²) in [6.45, 7) is 10.1. The Morgan fingerprint density at radius 2 is 1.82 bits per heavy atom. The first-order chi connectivity index (χ1) is 15.5. The van der Waals surface area contributed by atoms with Crippen LogP contribution in [-0.2, 0) is 21.2 Å². The van der Waals surface area contributed by atoms with Gasteiger partial charge in [0.15, 0.2) is 0 Å². The average Bonchev–Trinajstić information content (AvgIpc) is 2.75. The quantitative estimate of drug-likeness (QED) is 0.348. The van der Waals surface area contributed by atoms with E-state index in [0.717, 1.165) is 5.56 Å². The van der Waals surface area contributed by atoms with Crippen molar-refractivity contribution < 1.29 is 9.05 Å². The maximum atomic E-state index is 13.1. The van der Waals surface area contributed by atoms with Crippen molar-refractivity contribution in [3.8, 4) is 0 Å². The first-order valence-corrected chi connectivity index (χ1v) is 12.0. The molecule has 0 saturated carbocycles. The molecule has 0 aliphatic carbocycles. The monoisotopic (exact) mass is 485 g/mol. The molecule has 0 aliphatic rings. The van der Waals surface area contributed by atoms with Gasteiger partial charge >= 0.3 is 0 Å². The van der Waals surface area contributed by atoms with Crippen molar-refractivity contribution in [1.82, 2.24) is 9.97 Å². The lowest BCUT2D eigenvalue weighted by atomic mass is 9.87. The molecule has 0 amide bonds. The van der Waals surface area contributed by atoms with Crippen LogP contribution in [0.2, 0.25) is 5.02 Å². The van der Waals surface area contributed by atoms with E-state index in [2.05, 4.69) is 40.6 Å². The average molecular weight is 486 g/mol. The molecule has 2 heterocycles. The predicted octanol–water partition coefficient (Wildman–Crippen LogP) is 5.32. The summed E-state index contributed by atoms with van der Waals surface area (Å²) < 4.78 is 16.2. The number of halogens is 1. The number of benzene rings is 1. The number of pyridine rings is 2. The third-order valence-electron chi connectivity index (χ3n) is 4.63. The molecule has 9 heteroatoms. The number of aromatic nitrogens is 2. The van der Waals surface area contributed by atoms with Gasteiger partial charge in [0.25, 0.3) is 0 Å². The van der Waals surface area contributed by atoms with E-state index in [1.807, 2.05) is 38.1 Å². The van der Waals surface area contributed by atoms with Gasteiger partial charge in [-0.3, -0.25) is 9.71 Å². The number of nitrogens with zero attached hydrogens (tertiary/aromatic N) is 3. The van der Waals surface area contributed by atoms with Gasteiger partial charge in [-0.25, -0.2) is 9.19 Å². The molecule has 3 N–H and O–H groups in total. The molecule has 0 saturated heterocycles. The molecule has 0 bridgehead atoms. The Kier molecular flexibility index (Phi) is 7.71. The number of hydrogen-bond donors (Lipinski definition) is 2. The minimum Gasteiger partial charge on any atom is -0.393 e. The minimum atomic E-state index is -1.56. The second-order valence-corrected chi connectivity index (χ2v) is 10.4. The highest BCUT2D eigenvalue weighted by Gasteiger charge is 2.19. The van der Waals surface area contributed by atoms with Gasteiger partial charge in [0, 0.05) is 18.0 Å². The van der Waals surface area contributed by atoms with Crippen molar-refractivity contribution in [3.63, 3.8) is 0 Å². The second-order valence-electron chi connectivity index (χ2n) is 8.76. The van der Waals surface area contributed by atoms with E-state index in [0.29, 0.717) is 38.4 Å². The molecule has 174 valence electrons. The predicted molar refractivity (Wildman–Crippen MR) is 135 cm³/mol. The van der Waals surface area contributed by atoms with Gasteiger partial charge in [0.05, 0.1) is 15.6 Å². The van der Waals surface area contributed by atoms with E-state index < -0.39 is 11.0 Å². The lowest BCUT2D eigenvalue weighted by Gasteiger charge is -2.19. The van der Waals surface area contributed by atoms with Crippen molar-refractivity contribution in [2.45, 2.75) is 51.0 Å². The van der Waals surface area contributed by atoms with E-state index in [1.54, 1.807) is 24.4 Å². The van der Waals surface area contributed by atoms with E-state index >= 15 is 0 Å². The third-order valence-corrected chi connectivity index (χ3v) is 5.94. The van der Waals surface area contributed by atoms with Crippen LogP contribution in [0.5, 0.6) is 0 Å². The minimum absolute atomic E-state index is 0.00634. The number of rotatable bonds is 7. The number of anilines is 2. The van der Waals surface area contributed by atoms with Crippen molar-refractivity contribution in [2.24, 2.45) is 5.16 Å². The van der Waals surface area contributed by atoms with Crippen LogP contribution in [-0.4, -0.2) is 26.0 Å². The summed E-state index contributed by atoms with van der Waals surface area (Å²) in [5.41, 5.74) is 8.82. The molecule has 1 atom stereocenters. The van der Waals surface area contributed by atoms with Gasteiger partial charge in [-0.15, -0.1) is 0 Å². The summed E-state index contributed by atoms with van der Waals surface area (Å²) in [6, 6.07) is 12.8. The van der Waals surface area contributed by atoms with Crippen LogP contribution >= 0.6 is 11.6 Å². The van der Waals surface area contributed by atoms with Gasteiger partial charge < -0.3 is 10.6 Å². The number of oxime groups is 1. The summed E-state index contributed by atoms with van der Waals surface area (Å²) in [5.74, 6) is 0.380. The highest BCUT2D eigenvalue weighted by Crippen LogP contribution is 2.26.